The van der Waals surface area contributed by atoms with E-state index in [1.807, 2.05) is 43.3 Å². The molecular formula is C17H15N3O4S. The molecule has 1 aromatic heterocycles. The van der Waals surface area contributed by atoms with E-state index in [1.165, 1.54) is 0 Å². The average Bonchev–Trinajstić information content (AvgIpc) is 3.14. The van der Waals surface area contributed by atoms with Crippen LogP contribution in [0, 0.1) is 6.92 Å². The molecule has 0 spiro atoms. The fraction of sp³-hybridized carbons (Fsp3) is 0.176. The number of aryl methyl sites for hydroxylation is 1. The fourth-order valence-electron chi connectivity index (χ4n) is 2.30. The van der Waals surface area contributed by atoms with Crippen LogP contribution >= 0.6 is 11.8 Å². The minimum absolute atomic E-state index is 0.250. The van der Waals surface area contributed by atoms with Crippen LogP contribution in [0.5, 0.6) is 0 Å². The van der Waals surface area contributed by atoms with Crippen molar-refractivity contribution >= 4 is 35.0 Å². The van der Waals surface area contributed by atoms with Crippen molar-refractivity contribution in [2.75, 3.05) is 0 Å². The van der Waals surface area contributed by atoms with Crippen LogP contribution in [0.25, 0.3) is 11.3 Å². The molecule has 2 heterocycles. The van der Waals surface area contributed by atoms with Crippen molar-refractivity contribution in [1.82, 2.24) is 5.32 Å². The summed E-state index contributed by atoms with van der Waals surface area (Å²) in [6.45, 7) is 1.87. The van der Waals surface area contributed by atoms with Crippen molar-refractivity contribution in [2.45, 2.75) is 18.6 Å². The second-order valence-electron chi connectivity index (χ2n) is 5.34. The number of carbonyl (C=O) groups excluding carboxylic acids is 1. The summed E-state index contributed by atoms with van der Waals surface area (Å²) < 4.78 is 5.64. The molecule has 0 aliphatic carbocycles. The standard InChI is InChI=1S/C17H15N3O4S/c1-10-6-7-13(24-10)12-5-3-2-4-11(12)9-18-20-17-19-16(23)14(25-17)8-15(21)22/h2-7,9,14H,8H2,1H3,(H,21,22)(H,19,20,23). The summed E-state index contributed by atoms with van der Waals surface area (Å²) in [5.74, 6) is 0.154. The number of carboxylic acids is 1. The van der Waals surface area contributed by atoms with Crippen LogP contribution < -0.4 is 5.32 Å². The maximum absolute atomic E-state index is 11.7. The third-order valence-corrected chi connectivity index (χ3v) is 4.52. The second-order valence-corrected chi connectivity index (χ2v) is 6.53. The van der Waals surface area contributed by atoms with Gasteiger partial charge in [-0.15, -0.1) is 5.10 Å². The lowest BCUT2D eigenvalue weighted by Crippen LogP contribution is -2.26. The summed E-state index contributed by atoms with van der Waals surface area (Å²) in [5.41, 5.74) is 1.70. The predicted molar refractivity (Wildman–Crippen MR) is 95.7 cm³/mol. The van der Waals surface area contributed by atoms with Crippen LogP contribution in [0.3, 0.4) is 0 Å². The molecule has 2 aromatic rings. The number of carbonyl (C=O) groups is 2. The second kappa shape index (κ2) is 7.35. The molecule has 0 saturated carbocycles. The molecule has 0 radical (unpaired) electrons. The van der Waals surface area contributed by atoms with E-state index in [9.17, 15) is 9.59 Å². The molecule has 128 valence electrons. The largest absolute Gasteiger partial charge is 0.481 e. The van der Waals surface area contributed by atoms with E-state index in [-0.39, 0.29) is 12.3 Å². The molecule has 2 N–H and O–H groups in total. The topological polar surface area (TPSA) is 104 Å². The Balaban J connectivity index is 1.75. The van der Waals surface area contributed by atoms with Crippen LogP contribution in [-0.4, -0.2) is 33.6 Å². The molecule has 1 atom stereocenters. The van der Waals surface area contributed by atoms with Gasteiger partial charge in [0.05, 0.1) is 12.6 Å². The van der Waals surface area contributed by atoms with Gasteiger partial charge in [-0.3, -0.25) is 9.59 Å². The summed E-state index contributed by atoms with van der Waals surface area (Å²) in [7, 11) is 0. The molecule has 7 nitrogen and oxygen atoms in total. The van der Waals surface area contributed by atoms with Crippen LogP contribution in [-0.2, 0) is 9.59 Å². The van der Waals surface area contributed by atoms with Crippen LogP contribution in [0.15, 0.2) is 51.0 Å². The molecule has 3 rings (SSSR count). The quantitative estimate of drug-likeness (QED) is 0.632. The van der Waals surface area contributed by atoms with Gasteiger partial charge in [-0.1, -0.05) is 36.0 Å². The van der Waals surface area contributed by atoms with Gasteiger partial charge >= 0.3 is 5.97 Å². The van der Waals surface area contributed by atoms with E-state index in [0.717, 1.165) is 34.4 Å². The Morgan fingerprint density at radius 2 is 2.16 bits per heavy atom. The Labute approximate surface area is 147 Å². The minimum atomic E-state index is -1.03. The molecule has 8 heteroatoms. The zero-order valence-electron chi connectivity index (χ0n) is 13.3. The minimum Gasteiger partial charge on any atom is -0.481 e. The number of nitrogens with one attached hydrogen (secondary N) is 1. The Kier molecular flexibility index (Phi) is 4.99. The van der Waals surface area contributed by atoms with Gasteiger partial charge in [-0.25, -0.2) is 0 Å². The average molecular weight is 357 g/mol. The summed E-state index contributed by atoms with van der Waals surface area (Å²) in [5, 5.41) is 18.9. The lowest BCUT2D eigenvalue weighted by Gasteiger charge is -2.01. The van der Waals surface area contributed by atoms with Crippen LogP contribution in [0.4, 0.5) is 0 Å². The van der Waals surface area contributed by atoms with Crippen molar-refractivity contribution in [3.63, 3.8) is 0 Å². The molecule has 1 aromatic carbocycles. The number of rotatable bonds is 5. The molecule has 1 aliphatic rings. The number of hydrogen-bond acceptors (Lipinski definition) is 6. The number of aliphatic carboxylic acids is 1. The monoisotopic (exact) mass is 357 g/mol. The summed E-state index contributed by atoms with van der Waals surface area (Å²) in [6, 6.07) is 11.4. The van der Waals surface area contributed by atoms with Crippen molar-refractivity contribution in [1.29, 1.82) is 0 Å². The lowest BCUT2D eigenvalue weighted by atomic mass is 10.1. The number of nitrogens with zero attached hydrogens (tertiary/aromatic N) is 2. The van der Waals surface area contributed by atoms with Gasteiger partial charge in [0, 0.05) is 11.1 Å². The van der Waals surface area contributed by atoms with E-state index in [2.05, 4.69) is 15.5 Å². The normalized spacial score (nSPS) is 18.8. The molecular weight excluding hydrogens is 342 g/mol. The highest BCUT2D eigenvalue weighted by Crippen LogP contribution is 2.25. The summed E-state index contributed by atoms with van der Waals surface area (Å²) in [6.07, 6.45) is 1.32. The number of carboxylic acid groups (broad SMARTS) is 1. The van der Waals surface area contributed by atoms with Crippen molar-refractivity contribution in [3.8, 4) is 11.3 Å². The van der Waals surface area contributed by atoms with Gasteiger partial charge in [0.1, 0.15) is 16.8 Å². The van der Waals surface area contributed by atoms with Gasteiger partial charge in [-0.2, -0.15) is 5.10 Å². The number of amides is 1. The Morgan fingerprint density at radius 1 is 1.36 bits per heavy atom. The lowest BCUT2D eigenvalue weighted by molar-refractivity contribution is -0.138. The molecule has 1 unspecified atom stereocenters. The van der Waals surface area contributed by atoms with E-state index in [0.29, 0.717) is 5.17 Å². The summed E-state index contributed by atoms with van der Waals surface area (Å²) >= 11 is 1.06. The third-order valence-electron chi connectivity index (χ3n) is 3.45. The molecule has 1 fully saturated rings. The summed E-state index contributed by atoms with van der Waals surface area (Å²) in [4.78, 5) is 22.4. The SMILES string of the molecule is Cc1ccc(-c2ccccc2C=NN=C2NC(=O)C(CC(=O)O)S2)o1. The Hall–Kier alpha value is -2.87. The van der Waals surface area contributed by atoms with Crippen molar-refractivity contribution in [3.05, 3.63) is 47.7 Å². The Bertz CT molecular complexity index is 872. The number of thioether (sulfide) groups is 1. The first-order chi connectivity index (χ1) is 12.0. The highest BCUT2D eigenvalue weighted by molar-refractivity contribution is 8.15. The van der Waals surface area contributed by atoms with E-state index in [1.54, 1.807) is 6.21 Å². The molecule has 1 aliphatic heterocycles. The highest BCUT2D eigenvalue weighted by atomic mass is 32.2. The van der Waals surface area contributed by atoms with E-state index < -0.39 is 11.2 Å². The van der Waals surface area contributed by atoms with Crippen molar-refractivity contribution < 1.29 is 19.1 Å². The zero-order valence-corrected chi connectivity index (χ0v) is 14.1. The number of benzene rings is 1. The van der Waals surface area contributed by atoms with Gasteiger partial charge < -0.3 is 14.8 Å². The number of amidine groups is 1. The maximum atomic E-state index is 11.7. The zero-order chi connectivity index (χ0) is 17.8. The van der Waals surface area contributed by atoms with Gasteiger partial charge in [0.15, 0.2) is 5.17 Å². The number of furan rings is 1. The first kappa shape index (κ1) is 17.0. The van der Waals surface area contributed by atoms with Gasteiger partial charge in [-0.05, 0) is 19.1 Å². The predicted octanol–water partition coefficient (Wildman–Crippen LogP) is 2.65. The van der Waals surface area contributed by atoms with Gasteiger partial charge in [0.2, 0.25) is 5.91 Å². The maximum Gasteiger partial charge on any atom is 0.305 e. The molecule has 1 saturated heterocycles. The third kappa shape index (κ3) is 4.16. The Morgan fingerprint density at radius 3 is 2.88 bits per heavy atom. The number of hydrogen-bond donors (Lipinski definition) is 2. The molecule has 0 bridgehead atoms. The van der Waals surface area contributed by atoms with E-state index in [4.69, 9.17) is 9.52 Å². The molecule has 1 amide bonds. The van der Waals surface area contributed by atoms with Crippen molar-refractivity contribution in [2.24, 2.45) is 10.2 Å². The molecule has 25 heavy (non-hydrogen) atoms. The van der Waals surface area contributed by atoms with E-state index >= 15 is 0 Å². The smallest absolute Gasteiger partial charge is 0.305 e. The van der Waals surface area contributed by atoms with Crippen LogP contribution in [0.1, 0.15) is 17.7 Å². The first-order valence-corrected chi connectivity index (χ1v) is 8.37. The van der Waals surface area contributed by atoms with Crippen LogP contribution in [0.2, 0.25) is 0 Å². The first-order valence-electron chi connectivity index (χ1n) is 7.49. The fourth-order valence-corrected chi connectivity index (χ4v) is 3.22. The highest BCUT2D eigenvalue weighted by Gasteiger charge is 2.32. The van der Waals surface area contributed by atoms with Gasteiger partial charge in [0.25, 0.3) is 0 Å².